The van der Waals surface area contributed by atoms with E-state index in [1.807, 2.05) is 0 Å². The molecule has 2 bridgehead atoms. The fourth-order valence-corrected chi connectivity index (χ4v) is 1.70. The van der Waals surface area contributed by atoms with Gasteiger partial charge in [0.25, 0.3) is 0 Å². The third kappa shape index (κ3) is 0.360. The highest BCUT2D eigenvalue weighted by molar-refractivity contribution is 5.40. The molecule has 2 aliphatic carbocycles. The van der Waals surface area contributed by atoms with Gasteiger partial charge in [0.15, 0.2) is 0 Å². The second kappa shape index (κ2) is 1.25. The molecule has 0 saturated heterocycles. The van der Waals surface area contributed by atoms with Gasteiger partial charge < -0.3 is 0 Å². The van der Waals surface area contributed by atoms with E-state index in [0.29, 0.717) is 0 Å². The average molecular weight is 106 g/mol. The fourth-order valence-electron chi connectivity index (χ4n) is 1.70. The van der Waals surface area contributed by atoms with Crippen molar-refractivity contribution in [1.82, 2.24) is 0 Å². The van der Waals surface area contributed by atoms with E-state index in [0.717, 1.165) is 5.92 Å². The smallest absolute Gasteiger partial charge is 0.0127 e. The summed E-state index contributed by atoms with van der Waals surface area (Å²) in [7, 11) is 0. The quantitative estimate of drug-likeness (QED) is 0.444. The summed E-state index contributed by atoms with van der Waals surface area (Å²) in [5, 5.41) is 0. The standard InChI is InChI=1S/C8H10/c1-6-7-2-3-8(6)5-4-7/h2,8H,1,3-5H2. The minimum Gasteiger partial charge on any atom is -0.0953 e. The van der Waals surface area contributed by atoms with E-state index in [2.05, 4.69) is 12.7 Å². The van der Waals surface area contributed by atoms with Crippen LogP contribution >= 0.6 is 0 Å². The van der Waals surface area contributed by atoms with Crippen molar-refractivity contribution >= 4 is 0 Å². The van der Waals surface area contributed by atoms with Gasteiger partial charge in [0.1, 0.15) is 0 Å². The van der Waals surface area contributed by atoms with E-state index in [1.54, 1.807) is 5.57 Å². The molecule has 2 aliphatic rings. The molecule has 0 radical (unpaired) electrons. The first kappa shape index (κ1) is 4.37. The van der Waals surface area contributed by atoms with Crippen LogP contribution in [0.15, 0.2) is 23.8 Å². The molecule has 0 nitrogen and oxygen atoms in total. The second-order valence-electron chi connectivity index (χ2n) is 2.73. The van der Waals surface area contributed by atoms with Gasteiger partial charge in [0.05, 0.1) is 0 Å². The van der Waals surface area contributed by atoms with Gasteiger partial charge in [-0.25, -0.2) is 0 Å². The van der Waals surface area contributed by atoms with Crippen LogP contribution in [0.4, 0.5) is 0 Å². The van der Waals surface area contributed by atoms with Crippen LogP contribution in [0.2, 0.25) is 0 Å². The number of hydrogen-bond donors (Lipinski definition) is 0. The topological polar surface area (TPSA) is 0 Å². The third-order valence-electron chi connectivity index (χ3n) is 2.32. The Hall–Kier alpha value is -0.520. The average Bonchev–Trinajstić information content (AvgIpc) is 2.29. The predicted octanol–water partition coefficient (Wildman–Crippen LogP) is 2.28. The van der Waals surface area contributed by atoms with Crippen LogP contribution in [0, 0.1) is 5.92 Å². The van der Waals surface area contributed by atoms with Crippen molar-refractivity contribution in [2.75, 3.05) is 0 Å². The van der Waals surface area contributed by atoms with Gasteiger partial charge in [-0.05, 0) is 36.3 Å². The minimum absolute atomic E-state index is 0.852. The summed E-state index contributed by atoms with van der Waals surface area (Å²) in [6, 6.07) is 0. The Labute approximate surface area is 49.9 Å². The minimum atomic E-state index is 0.852. The van der Waals surface area contributed by atoms with Crippen molar-refractivity contribution in [3.05, 3.63) is 23.8 Å². The molecule has 8 heavy (non-hydrogen) atoms. The van der Waals surface area contributed by atoms with Crippen molar-refractivity contribution in [3.63, 3.8) is 0 Å². The number of fused-ring (bicyclic) bond motifs is 2. The first-order valence-corrected chi connectivity index (χ1v) is 3.26. The van der Waals surface area contributed by atoms with Gasteiger partial charge >= 0.3 is 0 Å². The molecule has 0 heteroatoms. The monoisotopic (exact) mass is 106 g/mol. The Morgan fingerprint density at radius 3 is 2.62 bits per heavy atom. The maximum Gasteiger partial charge on any atom is -0.0127 e. The van der Waals surface area contributed by atoms with Crippen LogP contribution in [0.25, 0.3) is 0 Å². The van der Waals surface area contributed by atoms with E-state index in [-0.39, 0.29) is 0 Å². The van der Waals surface area contributed by atoms with Crippen LogP contribution in [-0.4, -0.2) is 0 Å². The van der Waals surface area contributed by atoms with Crippen LogP contribution in [0.1, 0.15) is 19.3 Å². The molecule has 0 aliphatic heterocycles. The van der Waals surface area contributed by atoms with E-state index < -0.39 is 0 Å². The molecular formula is C8H10. The summed E-state index contributed by atoms with van der Waals surface area (Å²) in [5.74, 6) is 0.852. The summed E-state index contributed by atoms with van der Waals surface area (Å²) in [4.78, 5) is 0. The fraction of sp³-hybridized carbons (Fsp3) is 0.500. The zero-order valence-electron chi connectivity index (χ0n) is 4.98. The molecule has 0 heterocycles. The molecule has 0 aromatic heterocycles. The Morgan fingerprint density at radius 1 is 1.62 bits per heavy atom. The first-order chi connectivity index (χ1) is 3.88. The molecule has 1 fully saturated rings. The van der Waals surface area contributed by atoms with Crippen molar-refractivity contribution in [3.8, 4) is 0 Å². The van der Waals surface area contributed by atoms with Crippen molar-refractivity contribution in [2.24, 2.45) is 5.92 Å². The van der Waals surface area contributed by atoms with Gasteiger partial charge in [-0.3, -0.25) is 0 Å². The summed E-state index contributed by atoms with van der Waals surface area (Å²) in [6.45, 7) is 4.01. The third-order valence-corrected chi connectivity index (χ3v) is 2.32. The second-order valence-corrected chi connectivity index (χ2v) is 2.73. The van der Waals surface area contributed by atoms with Gasteiger partial charge in [0.2, 0.25) is 0 Å². The largest absolute Gasteiger partial charge is 0.0953 e. The lowest BCUT2D eigenvalue weighted by Crippen LogP contribution is -1.87. The van der Waals surface area contributed by atoms with E-state index >= 15 is 0 Å². The van der Waals surface area contributed by atoms with E-state index in [4.69, 9.17) is 0 Å². The lowest BCUT2D eigenvalue weighted by molar-refractivity contribution is 0.634. The molecular weight excluding hydrogens is 96.1 g/mol. The molecule has 42 valence electrons. The van der Waals surface area contributed by atoms with Crippen LogP contribution in [0.5, 0.6) is 0 Å². The molecule has 0 amide bonds. The van der Waals surface area contributed by atoms with Crippen LogP contribution in [0.3, 0.4) is 0 Å². The van der Waals surface area contributed by atoms with Gasteiger partial charge in [-0.1, -0.05) is 12.7 Å². The summed E-state index contributed by atoms with van der Waals surface area (Å²) >= 11 is 0. The molecule has 0 spiro atoms. The highest BCUT2D eigenvalue weighted by Crippen LogP contribution is 2.42. The molecule has 0 aromatic carbocycles. The van der Waals surface area contributed by atoms with Crippen LogP contribution < -0.4 is 0 Å². The zero-order chi connectivity index (χ0) is 5.56. The molecule has 1 saturated carbocycles. The van der Waals surface area contributed by atoms with Gasteiger partial charge in [-0.2, -0.15) is 0 Å². The van der Waals surface area contributed by atoms with Gasteiger partial charge in [0, 0.05) is 0 Å². The van der Waals surface area contributed by atoms with E-state index in [1.165, 1.54) is 24.8 Å². The van der Waals surface area contributed by atoms with Crippen LogP contribution in [-0.2, 0) is 0 Å². The predicted molar refractivity (Wildman–Crippen MR) is 34.6 cm³/mol. The molecule has 1 atom stereocenters. The normalized spacial score (nSPS) is 33.8. The van der Waals surface area contributed by atoms with E-state index in [9.17, 15) is 0 Å². The SMILES string of the molecule is C=C1C2=CCC1CC2. The molecule has 0 aromatic rings. The highest BCUT2D eigenvalue weighted by atomic mass is 14.3. The lowest BCUT2D eigenvalue weighted by atomic mass is 10.0. The molecule has 0 N–H and O–H groups in total. The van der Waals surface area contributed by atoms with Crippen molar-refractivity contribution in [1.29, 1.82) is 0 Å². The maximum absolute atomic E-state index is 4.01. The molecule has 1 unspecified atom stereocenters. The summed E-state index contributed by atoms with van der Waals surface area (Å²) in [6.07, 6.45) is 6.32. The molecule has 2 rings (SSSR count). The Morgan fingerprint density at radius 2 is 2.50 bits per heavy atom. The summed E-state index contributed by atoms with van der Waals surface area (Å²) in [5.41, 5.74) is 2.99. The maximum atomic E-state index is 4.01. The Kier molecular flexibility index (Phi) is 0.682. The van der Waals surface area contributed by atoms with Crippen molar-refractivity contribution in [2.45, 2.75) is 19.3 Å². The number of allylic oxidation sites excluding steroid dienone is 3. The van der Waals surface area contributed by atoms with Gasteiger partial charge in [-0.15, -0.1) is 0 Å². The number of hydrogen-bond acceptors (Lipinski definition) is 0. The Balaban J connectivity index is 2.44. The lowest BCUT2D eigenvalue weighted by Gasteiger charge is -1.99. The highest BCUT2D eigenvalue weighted by Gasteiger charge is 2.27. The zero-order valence-corrected chi connectivity index (χ0v) is 4.98. The Bertz CT molecular complexity index is 163. The number of rotatable bonds is 0. The first-order valence-electron chi connectivity index (χ1n) is 3.26. The van der Waals surface area contributed by atoms with Crippen molar-refractivity contribution < 1.29 is 0 Å². The summed E-state index contributed by atoms with van der Waals surface area (Å²) < 4.78 is 0.